The molecule has 0 radical (unpaired) electrons. The summed E-state index contributed by atoms with van der Waals surface area (Å²) in [5, 5.41) is 5.06. The van der Waals surface area contributed by atoms with Crippen LogP contribution in [0.25, 0.3) is 0 Å². The van der Waals surface area contributed by atoms with Gasteiger partial charge in [0.05, 0.1) is 26.8 Å². The van der Waals surface area contributed by atoms with Crippen molar-refractivity contribution in [1.29, 1.82) is 0 Å². The molecule has 0 unspecified atom stereocenters. The van der Waals surface area contributed by atoms with Crippen LogP contribution in [0.4, 0.5) is 0 Å². The zero-order valence-corrected chi connectivity index (χ0v) is 12.1. The van der Waals surface area contributed by atoms with Crippen molar-refractivity contribution < 1.29 is 19.1 Å². The van der Waals surface area contributed by atoms with E-state index in [4.69, 9.17) is 15.2 Å². The largest absolute Gasteiger partial charge is 0.497 e. The van der Waals surface area contributed by atoms with E-state index in [1.54, 1.807) is 7.11 Å². The molecule has 0 saturated heterocycles. The van der Waals surface area contributed by atoms with E-state index in [2.05, 4.69) is 10.6 Å². The van der Waals surface area contributed by atoms with Crippen LogP contribution in [0.2, 0.25) is 0 Å². The van der Waals surface area contributed by atoms with Crippen molar-refractivity contribution in [2.75, 3.05) is 33.4 Å². The van der Waals surface area contributed by atoms with Crippen molar-refractivity contribution >= 4 is 11.8 Å². The third kappa shape index (κ3) is 7.17. The normalized spacial score (nSPS) is 9.81. The Balaban J connectivity index is 2.08. The van der Waals surface area contributed by atoms with Crippen LogP contribution in [0.5, 0.6) is 11.5 Å². The highest BCUT2D eigenvalue weighted by Crippen LogP contribution is 2.16. The fraction of sp³-hybridized carbons (Fsp3) is 0.429. The summed E-state index contributed by atoms with van der Waals surface area (Å²) in [6.07, 6.45) is 0.669. The van der Waals surface area contributed by atoms with Crippen molar-refractivity contribution in [3.8, 4) is 11.5 Å². The Labute approximate surface area is 123 Å². The highest BCUT2D eigenvalue weighted by Gasteiger charge is 2.03. The predicted octanol–water partition coefficient (Wildman–Crippen LogP) is -0.345. The second-order valence-electron chi connectivity index (χ2n) is 4.21. The molecule has 0 bridgehead atoms. The molecule has 1 aromatic rings. The van der Waals surface area contributed by atoms with Gasteiger partial charge in [0.25, 0.3) is 0 Å². The molecule has 0 saturated carbocycles. The lowest BCUT2D eigenvalue weighted by molar-refractivity contribution is -0.125. The minimum absolute atomic E-state index is 0.0601. The third-order valence-corrected chi connectivity index (χ3v) is 2.60. The van der Waals surface area contributed by atoms with E-state index in [0.717, 1.165) is 11.5 Å². The Bertz CT molecular complexity index is 448. The second-order valence-corrected chi connectivity index (χ2v) is 4.21. The topological polar surface area (TPSA) is 103 Å². The zero-order valence-electron chi connectivity index (χ0n) is 12.1. The van der Waals surface area contributed by atoms with Crippen molar-refractivity contribution in [3.05, 3.63) is 24.3 Å². The van der Waals surface area contributed by atoms with E-state index in [9.17, 15) is 9.59 Å². The molecule has 1 aromatic carbocycles. The molecule has 0 aliphatic rings. The maximum absolute atomic E-state index is 11.3. The molecule has 0 heterocycles. The maximum atomic E-state index is 11.3. The van der Waals surface area contributed by atoms with Gasteiger partial charge in [-0.2, -0.15) is 0 Å². The molecule has 116 valence electrons. The average Bonchev–Trinajstić information content (AvgIpc) is 2.52. The molecule has 0 aromatic heterocycles. The molecular formula is C14H21N3O4. The molecule has 0 aliphatic heterocycles. The summed E-state index contributed by atoms with van der Waals surface area (Å²) < 4.78 is 10.6. The van der Waals surface area contributed by atoms with Crippen molar-refractivity contribution in [2.24, 2.45) is 5.73 Å². The van der Waals surface area contributed by atoms with Crippen LogP contribution in [0.15, 0.2) is 24.3 Å². The number of methoxy groups -OCH3 is 1. The first kappa shape index (κ1) is 16.8. The Kier molecular flexibility index (Phi) is 7.67. The van der Waals surface area contributed by atoms with Gasteiger partial charge in [0.1, 0.15) is 11.5 Å². The molecule has 0 fully saturated rings. The summed E-state index contributed by atoms with van der Waals surface area (Å²) in [5.74, 6) is 0.917. The van der Waals surface area contributed by atoms with Crippen molar-refractivity contribution in [1.82, 2.24) is 10.6 Å². The number of benzene rings is 1. The monoisotopic (exact) mass is 295 g/mol. The second kappa shape index (κ2) is 9.60. The van der Waals surface area contributed by atoms with E-state index in [1.165, 1.54) is 0 Å². The number of nitrogens with one attached hydrogen (secondary N) is 2. The lowest BCUT2D eigenvalue weighted by Crippen LogP contribution is -2.39. The smallest absolute Gasteiger partial charge is 0.239 e. The highest BCUT2D eigenvalue weighted by molar-refractivity contribution is 5.85. The minimum atomic E-state index is -0.354. The number of hydrogen-bond donors (Lipinski definition) is 3. The first-order valence-corrected chi connectivity index (χ1v) is 6.66. The first-order chi connectivity index (χ1) is 10.2. The molecule has 4 N–H and O–H groups in total. The van der Waals surface area contributed by atoms with Crippen LogP contribution in [-0.4, -0.2) is 45.2 Å². The van der Waals surface area contributed by atoms with Gasteiger partial charge in [-0.05, 0) is 30.7 Å². The number of rotatable bonds is 9. The highest BCUT2D eigenvalue weighted by atomic mass is 16.5. The lowest BCUT2D eigenvalue weighted by atomic mass is 10.3. The zero-order chi connectivity index (χ0) is 15.5. The van der Waals surface area contributed by atoms with Gasteiger partial charge in [-0.15, -0.1) is 0 Å². The van der Waals surface area contributed by atoms with Crippen molar-refractivity contribution in [3.63, 3.8) is 0 Å². The van der Waals surface area contributed by atoms with Crippen LogP contribution in [-0.2, 0) is 9.59 Å². The summed E-state index contributed by atoms with van der Waals surface area (Å²) in [7, 11) is 1.61. The van der Waals surface area contributed by atoms with Gasteiger partial charge in [-0.1, -0.05) is 0 Å². The lowest BCUT2D eigenvalue weighted by Gasteiger charge is -2.08. The average molecular weight is 295 g/mol. The number of carbonyl (C=O) groups excluding carboxylic acids is 2. The third-order valence-electron chi connectivity index (χ3n) is 2.60. The molecule has 2 amide bonds. The molecular weight excluding hydrogens is 274 g/mol. The van der Waals surface area contributed by atoms with Crippen LogP contribution in [0.1, 0.15) is 6.42 Å². The van der Waals surface area contributed by atoms with E-state index in [0.29, 0.717) is 19.6 Å². The SMILES string of the molecule is COc1ccc(OCCCNC(=O)CNC(=O)CN)cc1. The maximum Gasteiger partial charge on any atom is 0.239 e. The first-order valence-electron chi connectivity index (χ1n) is 6.66. The minimum Gasteiger partial charge on any atom is -0.497 e. The quantitative estimate of drug-likeness (QED) is 0.541. The molecule has 7 heteroatoms. The van der Waals surface area contributed by atoms with Gasteiger partial charge in [0.2, 0.25) is 11.8 Å². The summed E-state index contributed by atoms with van der Waals surface area (Å²) in [5.41, 5.74) is 5.10. The summed E-state index contributed by atoms with van der Waals surface area (Å²) >= 11 is 0. The van der Waals surface area contributed by atoms with Gasteiger partial charge in [-0.25, -0.2) is 0 Å². The van der Waals surface area contributed by atoms with Crippen LogP contribution in [0.3, 0.4) is 0 Å². The fourth-order valence-corrected chi connectivity index (χ4v) is 1.48. The number of hydrogen-bond acceptors (Lipinski definition) is 5. The van der Waals surface area contributed by atoms with E-state index in [1.807, 2.05) is 24.3 Å². The number of carbonyl (C=O) groups is 2. The Hall–Kier alpha value is -2.28. The van der Waals surface area contributed by atoms with E-state index < -0.39 is 0 Å². The van der Waals surface area contributed by atoms with Gasteiger partial charge in [0, 0.05) is 6.54 Å². The summed E-state index contributed by atoms with van der Waals surface area (Å²) in [6.45, 7) is 0.785. The summed E-state index contributed by atoms with van der Waals surface area (Å²) in [6, 6.07) is 7.27. The standard InChI is InChI=1S/C14H21N3O4/c1-20-11-3-5-12(6-4-11)21-8-2-7-16-14(19)10-17-13(18)9-15/h3-6H,2,7-10,15H2,1H3,(H,16,19)(H,17,18). The molecule has 0 atom stereocenters. The van der Waals surface area contributed by atoms with Crippen molar-refractivity contribution in [2.45, 2.75) is 6.42 Å². The fourth-order valence-electron chi connectivity index (χ4n) is 1.48. The van der Waals surface area contributed by atoms with E-state index in [-0.39, 0.29) is 24.9 Å². The predicted molar refractivity (Wildman–Crippen MR) is 78.2 cm³/mol. The molecule has 0 spiro atoms. The molecule has 1 rings (SSSR count). The number of ether oxygens (including phenoxy) is 2. The van der Waals surface area contributed by atoms with Gasteiger partial charge >= 0.3 is 0 Å². The Morgan fingerprint density at radius 3 is 2.38 bits per heavy atom. The Morgan fingerprint density at radius 2 is 1.76 bits per heavy atom. The molecule has 7 nitrogen and oxygen atoms in total. The molecule has 0 aliphatic carbocycles. The Morgan fingerprint density at radius 1 is 1.10 bits per heavy atom. The van der Waals surface area contributed by atoms with E-state index >= 15 is 0 Å². The van der Waals surface area contributed by atoms with Gasteiger partial charge < -0.3 is 25.8 Å². The van der Waals surface area contributed by atoms with Gasteiger partial charge in [-0.3, -0.25) is 9.59 Å². The van der Waals surface area contributed by atoms with Crippen LogP contribution < -0.4 is 25.8 Å². The number of amides is 2. The van der Waals surface area contributed by atoms with Gasteiger partial charge in [0.15, 0.2) is 0 Å². The van der Waals surface area contributed by atoms with Crippen LogP contribution >= 0.6 is 0 Å². The summed E-state index contributed by atoms with van der Waals surface area (Å²) in [4.78, 5) is 22.2. The number of nitrogens with two attached hydrogens (primary N) is 1. The van der Waals surface area contributed by atoms with Crippen LogP contribution in [0, 0.1) is 0 Å². The molecule has 21 heavy (non-hydrogen) atoms.